The van der Waals surface area contributed by atoms with Gasteiger partial charge < -0.3 is 11.1 Å². The van der Waals surface area contributed by atoms with Crippen LogP contribution in [0.15, 0.2) is 5.38 Å². The number of nitrogens with one attached hydrogen (secondary N) is 1. The van der Waals surface area contributed by atoms with Crippen LogP contribution in [0.1, 0.15) is 16.9 Å². The van der Waals surface area contributed by atoms with E-state index in [2.05, 4.69) is 10.3 Å². The molecule has 0 bridgehead atoms. The lowest BCUT2D eigenvalue weighted by Crippen LogP contribution is -2.11. The summed E-state index contributed by atoms with van der Waals surface area (Å²) in [6.45, 7) is 0.530. The Labute approximate surface area is 79.2 Å². The zero-order chi connectivity index (χ0) is 9.68. The molecule has 13 heavy (non-hydrogen) atoms. The monoisotopic (exact) mass is 196 g/mol. The number of rotatable bonds is 4. The summed E-state index contributed by atoms with van der Waals surface area (Å²) >= 11 is 1.30. The van der Waals surface area contributed by atoms with Crippen LogP contribution in [-0.2, 0) is 0 Å². The molecule has 1 heterocycles. The molecule has 5 nitrogen and oxygen atoms in total. The number of carbonyl (C=O) groups is 1. The molecule has 0 aliphatic carbocycles. The van der Waals surface area contributed by atoms with Crippen LogP contribution in [0.4, 0.5) is 5.13 Å². The van der Waals surface area contributed by atoms with Gasteiger partial charge in [-0.2, -0.15) is 5.26 Å². The molecule has 0 fully saturated rings. The highest BCUT2D eigenvalue weighted by molar-refractivity contribution is 7.13. The lowest BCUT2D eigenvalue weighted by Gasteiger charge is -1.95. The number of aromatic nitrogens is 1. The van der Waals surface area contributed by atoms with E-state index in [0.717, 1.165) is 0 Å². The Morgan fingerprint density at radius 2 is 2.62 bits per heavy atom. The molecule has 0 spiro atoms. The van der Waals surface area contributed by atoms with Gasteiger partial charge in [0.1, 0.15) is 5.69 Å². The molecule has 6 heteroatoms. The highest BCUT2D eigenvalue weighted by Crippen LogP contribution is 2.14. The second kappa shape index (κ2) is 4.42. The first kappa shape index (κ1) is 9.48. The van der Waals surface area contributed by atoms with E-state index in [1.807, 2.05) is 6.07 Å². The molecule has 1 rings (SSSR count). The molecule has 3 N–H and O–H groups in total. The number of hydrogen-bond acceptors (Lipinski definition) is 5. The van der Waals surface area contributed by atoms with Crippen molar-refractivity contribution in [3.8, 4) is 6.07 Å². The van der Waals surface area contributed by atoms with Crippen LogP contribution in [0, 0.1) is 11.3 Å². The van der Waals surface area contributed by atoms with Crippen molar-refractivity contribution in [3.63, 3.8) is 0 Å². The predicted molar refractivity (Wildman–Crippen MR) is 49.4 cm³/mol. The molecule has 68 valence electrons. The van der Waals surface area contributed by atoms with Crippen LogP contribution in [0.25, 0.3) is 0 Å². The smallest absolute Gasteiger partial charge is 0.268 e. The molecule has 0 unspecified atom stereocenters. The highest BCUT2D eigenvalue weighted by Gasteiger charge is 2.05. The average Bonchev–Trinajstić information content (AvgIpc) is 2.53. The maximum atomic E-state index is 10.6. The third kappa shape index (κ3) is 2.72. The van der Waals surface area contributed by atoms with Crippen LogP contribution in [0.5, 0.6) is 0 Å². The Kier molecular flexibility index (Phi) is 3.23. The maximum Gasteiger partial charge on any atom is 0.268 e. The summed E-state index contributed by atoms with van der Waals surface area (Å²) in [7, 11) is 0. The number of nitrogens with zero attached hydrogens (tertiary/aromatic N) is 2. The Hall–Kier alpha value is -1.61. The van der Waals surface area contributed by atoms with Gasteiger partial charge in [0.15, 0.2) is 5.13 Å². The number of thiazole rings is 1. The fraction of sp³-hybridized carbons (Fsp3) is 0.286. The Balaban J connectivity index is 2.50. The van der Waals surface area contributed by atoms with E-state index < -0.39 is 5.91 Å². The number of anilines is 1. The first-order valence-corrected chi connectivity index (χ1v) is 4.48. The van der Waals surface area contributed by atoms with E-state index in [0.29, 0.717) is 18.1 Å². The number of amides is 1. The Bertz CT molecular complexity index is 341. The highest BCUT2D eigenvalue weighted by atomic mass is 32.1. The van der Waals surface area contributed by atoms with Gasteiger partial charge in [0.2, 0.25) is 0 Å². The minimum atomic E-state index is -0.537. The number of nitrogens with two attached hydrogens (primary N) is 1. The molecular weight excluding hydrogens is 188 g/mol. The number of hydrogen-bond donors (Lipinski definition) is 2. The van der Waals surface area contributed by atoms with Gasteiger partial charge in [-0.25, -0.2) is 4.98 Å². The van der Waals surface area contributed by atoms with Crippen molar-refractivity contribution < 1.29 is 4.79 Å². The van der Waals surface area contributed by atoms with E-state index in [1.165, 1.54) is 11.3 Å². The number of primary amides is 1. The first-order chi connectivity index (χ1) is 6.24. The van der Waals surface area contributed by atoms with E-state index in [9.17, 15) is 4.79 Å². The van der Waals surface area contributed by atoms with Crippen LogP contribution in [0.2, 0.25) is 0 Å². The van der Waals surface area contributed by atoms with Gasteiger partial charge >= 0.3 is 0 Å². The van der Waals surface area contributed by atoms with Gasteiger partial charge in [-0.3, -0.25) is 4.79 Å². The van der Waals surface area contributed by atoms with Crippen molar-refractivity contribution in [1.29, 1.82) is 5.26 Å². The Morgan fingerprint density at radius 3 is 3.15 bits per heavy atom. The van der Waals surface area contributed by atoms with Gasteiger partial charge in [0.05, 0.1) is 12.5 Å². The van der Waals surface area contributed by atoms with Crippen molar-refractivity contribution in [2.24, 2.45) is 5.73 Å². The number of nitriles is 1. The van der Waals surface area contributed by atoms with E-state index >= 15 is 0 Å². The molecule has 1 aromatic heterocycles. The fourth-order valence-electron chi connectivity index (χ4n) is 0.693. The molecule has 0 atom stereocenters. The van der Waals surface area contributed by atoms with Gasteiger partial charge in [-0.05, 0) is 0 Å². The minimum Gasteiger partial charge on any atom is -0.364 e. The molecule has 0 aliphatic rings. The summed E-state index contributed by atoms with van der Waals surface area (Å²) in [6, 6.07) is 1.99. The molecular formula is C7H8N4OS. The molecule has 0 aromatic carbocycles. The molecule has 0 saturated carbocycles. The largest absolute Gasteiger partial charge is 0.364 e. The van der Waals surface area contributed by atoms with Crippen molar-refractivity contribution in [2.75, 3.05) is 11.9 Å². The lowest BCUT2D eigenvalue weighted by atomic mass is 10.5. The van der Waals surface area contributed by atoms with Crippen molar-refractivity contribution in [1.82, 2.24) is 4.98 Å². The van der Waals surface area contributed by atoms with Gasteiger partial charge in [-0.15, -0.1) is 11.3 Å². The van der Waals surface area contributed by atoms with Crippen LogP contribution < -0.4 is 11.1 Å². The van der Waals surface area contributed by atoms with Crippen LogP contribution >= 0.6 is 11.3 Å². The summed E-state index contributed by atoms with van der Waals surface area (Å²) in [5.74, 6) is -0.537. The zero-order valence-corrected chi connectivity index (χ0v) is 7.60. The molecule has 1 amide bonds. The third-order valence-corrected chi connectivity index (χ3v) is 2.07. The zero-order valence-electron chi connectivity index (χ0n) is 6.78. The van der Waals surface area contributed by atoms with Gasteiger partial charge in [0, 0.05) is 11.9 Å². The lowest BCUT2D eigenvalue weighted by molar-refractivity contribution is 0.0996. The van der Waals surface area contributed by atoms with Crippen molar-refractivity contribution in [3.05, 3.63) is 11.1 Å². The second-order valence-corrected chi connectivity index (χ2v) is 3.10. The summed E-state index contributed by atoms with van der Waals surface area (Å²) in [5, 5.41) is 13.3. The summed E-state index contributed by atoms with van der Waals surface area (Å²) < 4.78 is 0. The van der Waals surface area contributed by atoms with Crippen LogP contribution in [0.3, 0.4) is 0 Å². The van der Waals surface area contributed by atoms with Crippen molar-refractivity contribution >= 4 is 22.4 Å². The molecule has 1 aromatic rings. The molecule has 0 aliphatic heterocycles. The van der Waals surface area contributed by atoms with Crippen molar-refractivity contribution in [2.45, 2.75) is 6.42 Å². The first-order valence-electron chi connectivity index (χ1n) is 3.60. The average molecular weight is 196 g/mol. The summed E-state index contributed by atoms with van der Waals surface area (Å²) in [6.07, 6.45) is 0.408. The third-order valence-electron chi connectivity index (χ3n) is 1.27. The summed E-state index contributed by atoms with van der Waals surface area (Å²) in [4.78, 5) is 14.5. The maximum absolute atomic E-state index is 10.6. The molecule has 0 saturated heterocycles. The van der Waals surface area contributed by atoms with E-state index in [1.54, 1.807) is 5.38 Å². The van der Waals surface area contributed by atoms with Gasteiger partial charge in [0.25, 0.3) is 5.91 Å². The minimum absolute atomic E-state index is 0.254. The van der Waals surface area contributed by atoms with E-state index in [-0.39, 0.29) is 5.69 Å². The standard InChI is InChI=1S/C7H8N4OS/c8-2-1-3-10-7-11-5(4-13-7)6(9)12/h4H,1,3H2,(H2,9,12)(H,10,11). The second-order valence-electron chi connectivity index (χ2n) is 2.24. The molecule has 0 radical (unpaired) electrons. The predicted octanol–water partition coefficient (Wildman–Crippen LogP) is 0.568. The summed E-state index contributed by atoms with van der Waals surface area (Å²) in [5.41, 5.74) is 5.26. The normalized spacial score (nSPS) is 9.15. The topological polar surface area (TPSA) is 91.8 Å². The fourth-order valence-corrected chi connectivity index (χ4v) is 1.42. The SMILES string of the molecule is N#CCCNc1nc(C(N)=O)cs1. The number of carbonyl (C=O) groups excluding carboxylic acids is 1. The Morgan fingerprint density at radius 1 is 1.85 bits per heavy atom. The quantitative estimate of drug-likeness (QED) is 0.688. The van der Waals surface area contributed by atoms with Gasteiger partial charge in [-0.1, -0.05) is 0 Å². The van der Waals surface area contributed by atoms with E-state index in [4.69, 9.17) is 11.0 Å². The van der Waals surface area contributed by atoms with Crippen LogP contribution in [-0.4, -0.2) is 17.4 Å².